The van der Waals surface area contributed by atoms with Gasteiger partial charge in [-0.3, -0.25) is 0 Å². The van der Waals surface area contributed by atoms with Gasteiger partial charge < -0.3 is 19.9 Å². The van der Waals surface area contributed by atoms with Crippen LogP contribution in [0.4, 0.5) is 5.82 Å². The molecule has 0 aliphatic heterocycles. The van der Waals surface area contributed by atoms with Gasteiger partial charge in [0.05, 0.1) is 18.1 Å². The fourth-order valence-corrected chi connectivity index (χ4v) is 2.51. The molecule has 0 amide bonds. The van der Waals surface area contributed by atoms with E-state index in [4.69, 9.17) is 4.74 Å². The molecule has 2 aromatic heterocycles. The number of fused-ring (bicyclic) bond motifs is 3. The number of carbonyl (C=O) groups is 1. The van der Waals surface area contributed by atoms with Crippen molar-refractivity contribution in [1.29, 1.82) is 0 Å². The first kappa shape index (κ1) is 15.2. The minimum atomic E-state index is -0.360. The van der Waals surface area contributed by atoms with Crippen LogP contribution < -0.4 is 5.32 Å². The molecule has 0 unspecified atom stereocenters. The predicted octanol–water partition coefficient (Wildman–Crippen LogP) is 1.87. The third-order valence-corrected chi connectivity index (χ3v) is 3.66. The van der Waals surface area contributed by atoms with Gasteiger partial charge >= 0.3 is 5.97 Å². The number of esters is 1. The number of anilines is 1. The Balaban J connectivity index is 2.04. The lowest BCUT2D eigenvalue weighted by Crippen LogP contribution is -2.21. The topological polar surface area (TPSA) is 83.1 Å². The van der Waals surface area contributed by atoms with E-state index >= 15 is 0 Å². The quantitative estimate of drug-likeness (QED) is 0.700. The van der Waals surface area contributed by atoms with Crippen LogP contribution in [0.5, 0.6) is 0 Å². The van der Waals surface area contributed by atoms with Crippen molar-refractivity contribution in [3.63, 3.8) is 0 Å². The summed E-state index contributed by atoms with van der Waals surface area (Å²) >= 11 is 0. The van der Waals surface area contributed by atoms with E-state index in [1.54, 1.807) is 12.1 Å². The summed E-state index contributed by atoms with van der Waals surface area (Å²) in [5.41, 5.74) is 2.07. The zero-order valence-electron chi connectivity index (χ0n) is 13.4. The minimum Gasteiger partial charge on any atom is -0.465 e. The number of nitrogens with zero attached hydrogens (tertiary/aromatic N) is 3. The highest BCUT2D eigenvalue weighted by molar-refractivity contribution is 6.12. The highest BCUT2D eigenvalue weighted by atomic mass is 16.5. The molecule has 0 aliphatic carbocycles. The Hall–Kier alpha value is -2.67. The second kappa shape index (κ2) is 6.21. The molecule has 7 heteroatoms. The molecule has 0 atom stereocenters. The maximum Gasteiger partial charge on any atom is 0.337 e. The molecule has 2 heterocycles. The highest BCUT2D eigenvalue weighted by Crippen LogP contribution is 2.29. The van der Waals surface area contributed by atoms with Gasteiger partial charge in [-0.25, -0.2) is 14.8 Å². The van der Waals surface area contributed by atoms with Crippen molar-refractivity contribution in [2.75, 3.05) is 39.6 Å². The maximum atomic E-state index is 11.7. The zero-order valence-corrected chi connectivity index (χ0v) is 13.4. The summed E-state index contributed by atoms with van der Waals surface area (Å²) < 4.78 is 4.76. The fourth-order valence-electron chi connectivity index (χ4n) is 2.51. The minimum absolute atomic E-state index is 0.360. The molecule has 120 valence electrons. The van der Waals surface area contributed by atoms with E-state index in [1.165, 1.54) is 13.4 Å². The van der Waals surface area contributed by atoms with Gasteiger partial charge in [-0.15, -0.1) is 0 Å². The monoisotopic (exact) mass is 313 g/mol. The standard InChI is InChI=1S/C16H19N5O2/c1-21(2)7-6-17-14-13-11-5-4-10(16(22)23-3)8-12(11)20-15(13)19-9-18-14/h4-5,8-9H,6-7H2,1-3H3,(H2,17,18,19,20). The van der Waals surface area contributed by atoms with E-state index < -0.39 is 0 Å². The van der Waals surface area contributed by atoms with Crippen molar-refractivity contribution >= 4 is 33.7 Å². The molecular weight excluding hydrogens is 294 g/mol. The first-order valence-corrected chi connectivity index (χ1v) is 7.33. The third kappa shape index (κ3) is 2.95. The van der Waals surface area contributed by atoms with Crippen LogP contribution in [-0.4, -0.2) is 60.1 Å². The van der Waals surface area contributed by atoms with Gasteiger partial charge in [-0.05, 0) is 26.2 Å². The lowest BCUT2D eigenvalue weighted by Gasteiger charge is -2.11. The Morgan fingerprint density at radius 1 is 1.35 bits per heavy atom. The molecule has 3 aromatic rings. The molecule has 0 saturated carbocycles. The Labute approximate surface area is 133 Å². The molecule has 0 aliphatic rings. The molecule has 0 spiro atoms. The molecule has 2 N–H and O–H groups in total. The van der Waals surface area contributed by atoms with Crippen LogP contribution in [0.3, 0.4) is 0 Å². The Morgan fingerprint density at radius 3 is 2.91 bits per heavy atom. The van der Waals surface area contributed by atoms with Crippen molar-refractivity contribution in [3.8, 4) is 0 Å². The zero-order chi connectivity index (χ0) is 16.4. The van der Waals surface area contributed by atoms with Crippen LogP contribution >= 0.6 is 0 Å². The van der Waals surface area contributed by atoms with Gasteiger partial charge in [-0.2, -0.15) is 0 Å². The fraction of sp³-hybridized carbons (Fsp3) is 0.312. The molecule has 0 radical (unpaired) electrons. The van der Waals surface area contributed by atoms with E-state index in [9.17, 15) is 4.79 Å². The normalized spacial score (nSPS) is 11.3. The number of likely N-dealkylation sites (N-methyl/N-ethyl adjacent to an activating group) is 1. The van der Waals surface area contributed by atoms with Gasteiger partial charge in [0.25, 0.3) is 0 Å². The van der Waals surface area contributed by atoms with Gasteiger partial charge in [0, 0.05) is 24.0 Å². The van der Waals surface area contributed by atoms with Crippen molar-refractivity contribution in [2.24, 2.45) is 0 Å². The average Bonchev–Trinajstić information content (AvgIpc) is 2.92. The molecule has 3 rings (SSSR count). The molecule has 7 nitrogen and oxygen atoms in total. The summed E-state index contributed by atoms with van der Waals surface area (Å²) in [6.07, 6.45) is 1.52. The van der Waals surface area contributed by atoms with Gasteiger partial charge in [0.1, 0.15) is 17.8 Å². The number of rotatable bonds is 5. The maximum absolute atomic E-state index is 11.7. The lowest BCUT2D eigenvalue weighted by atomic mass is 10.1. The van der Waals surface area contributed by atoms with Crippen molar-refractivity contribution in [3.05, 3.63) is 30.1 Å². The van der Waals surface area contributed by atoms with Crippen molar-refractivity contribution in [1.82, 2.24) is 19.9 Å². The van der Waals surface area contributed by atoms with E-state index in [-0.39, 0.29) is 5.97 Å². The number of hydrogen-bond donors (Lipinski definition) is 2. The number of methoxy groups -OCH3 is 1. The van der Waals surface area contributed by atoms with Crippen LogP contribution in [-0.2, 0) is 4.74 Å². The summed E-state index contributed by atoms with van der Waals surface area (Å²) in [5, 5.41) is 5.24. The summed E-state index contributed by atoms with van der Waals surface area (Å²) in [5.74, 6) is 0.426. The average molecular weight is 313 g/mol. The molecule has 0 saturated heterocycles. The predicted molar refractivity (Wildman–Crippen MR) is 89.8 cm³/mol. The summed E-state index contributed by atoms with van der Waals surface area (Å²) in [4.78, 5) is 25.6. The van der Waals surface area contributed by atoms with Crippen LogP contribution in [0.2, 0.25) is 0 Å². The number of benzene rings is 1. The highest BCUT2D eigenvalue weighted by Gasteiger charge is 2.13. The number of nitrogens with one attached hydrogen (secondary N) is 2. The smallest absolute Gasteiger partial charge is 0.337 e. The SMILES string of the molecule is COC(=O)c1ccc2c(c1)[nH]c1ncnc(NCCN(C)C)c12. The number of aromatic nitrogens is 3. The van der Waals surface area contributed by atoms with Crippen LogP contribution in [0, 0.1) is 0 Å². The molecule has 0 fully saturated rings. The number of H-pyrrole nitrogens is 1. The van der Waals surface area contributed by atoms with E-state index in [2.05, 4.69) is 25.2 Å². The summed E-state index contributed by atoms with van der Waals surface area (Å²) in [7, 11) is 5.42. The van der Waals surface area contributed by atoms with E-state index in [0.717, 1.165) is 40.8 Å². The number of aromatic amines is 1. The first-order chi connectivity index (χ1) is 11.1. The molecular formula is C16H19N5O2. The summed E-state index contributed by atoms with van der Waals surface area (Å²) in [6.45, 7) is 1.69. The summed E-state index contributed by atoms with van der Waals surface area (Å²) in [6, 6.07) is 5.41. The largest absolute Gasteiger partial charge is 0.465 e. The van der Waals surface area contributed by atoms with Crippen LogP contribution in [0.15, 0.2) is 24.5 Å². The molecule has 23 heavy (non-hydrogen) atoms. The molecule has 0 bridgehead atoms. The number of carbonyl (C=O) groups excluding carboxylic acids is 1. The number of hydrogen-bond acceptors (Lipinski definition) is 6. The van der Waals surface area contributed by atoms with E-state index in [1.807, 2.05) is 20.2 Å². The van der Waals surface area contributed by atoms with Crippen LogP contribution in [0.25, 0.3) is 21.9 Å². The lowest BCUT2D eigenvalue weighted by molar-refractivity contribution is 0.0601. The first-order valence-electron chi connectivity index (χ1n) is 7.33. The van der Waals surface area contributed by atoms with Crippen molar-refractivity contribution < 1.29 is 9.53 Å². The second-order valence-electron chi connectivity index (χ2n) is 5.55. The second-order valence-corrected chi connectivity index (χ2v) is 5.55. The Morgan fingerprint density at radius 2 is 2.17 bits per heavy atom. The van der Waals surface area contributed by atoms with Crippen LogP contribution in [0.1, 0.15) is 10.4 Å². The van der Waals surface area contributed by atoms with Crippen molar-refractivity contribution in [2.45, 2.75) is 0 Å². The Kier molecular flexibility index (Phi) is 4.12. The van der Waals surface area contributed by atoms with E-state index in [0.29, 0.717) is 5.56 Å². The van der Waals surface area contributed by atoms with Gasteiger partial charge in [0.2, 0.25) is 0 Å². The van der Waals surface area contributed by atoms with Gasteiger partial charge in [0.15, 0.2) is 0 Å². The number of ether oxygens (including phenoxy) is 1. The Bertz CT molecular complexity index is 856. The van der Waals surface area contributed by atoms with Gasteiger partial charge in [-0.1, -0.05) is 6.07 Å². The third-order valence-electron chi connectivity index (χ3n) is 3.66. The molecule has 1 aromatic carbocycles.